The number of hydrogen-bond acceptors (Lipinski definition) is 5. The molecule has 0 radical (unpaired) electrons. The molecule has 0 fully saturated rings. The molecule has 23 heavy (non-hydrogen) atoms. The first-order valence-corrected chi connectivity index (χ1v) is 7.92. The number of benzene rings is 1. The lowest BCUT2D eigenvalue weighted by molar-refractivity contribution is -0.129. The fraction of sp³-hybridized carbons (Fsp3) is 0.400. The zero-order valence-electron chi connectivity index (χ0n) is 12.9. The number of amides is 2. The van der Waals surface area contributed by atoms with Crippen LogP contribution in [0.25, 0.3) is 0 Å². The number of carbonyl (C=O) groups is 2. The van der Waals surface area contributed by atoms with Crippen LogP contribution in [0.2, 0.25) is 0 Å². The molecule has 0 atom stereocenters. The fourth-order valence-electron chi connectivity index (χ4n) is 1.77. The highest BCUT2D eigenvalue weighted by atomic mass is 79.9. The Hall–Kier alpha value is -2.09. The number of ether oxygens (including phenoxy) is 2. The van der Waals surface area contributed by atoms with Crippen molar-refractivity contribution in [3.8, 4) is 11.5 Å². The van der Waals surface area contributed by atoms with Crippen molar-refractivity contribution < 1.29 is 19.1 Å². The smallest absolute Gasteiger partial charge is 0.249 e. The number of hydrazone groups is 1. The molecule has 7 nitrogen and oxygen atoms in total. The van der Waals surface area contributed by atoms with Gasteiger partial charge in [-0.15, -0.1) is 0 Å². The number of nitrogens with zero attached hydrogens (tertiary/aromatic N) is 1. The fourth-order valence-corrected chi connectivity index (χ4v) is 2.20. The molecule has 1 aliphatic heterocycles. The molecule has 2 amide bonds. The van der Waals surface area contributed by atoms with Crippen molar-refractivity contribution in [2.45, 2.75) is 20.3 Å². The summed E-state index contributed by atoms with van der Waals surface area (Å²) in [6, 6.07) is 3.52. The minimum atomic E-state index is -0.473. The zero-order valence-corrected chi connectivity index (χ0v) is 14.5. The maximum Gasteiger partial charge on any atom is 0.249 e. The molecule has 0 spiro atoms. The van der Waals surface area contributed by atoms with Crippen LogP contribution in [-0.4, -0.2) is 31.4 Å². The number of halogens is 1. The monoisotopic (exact) mass is 383 g/mol. The van der Waals surface area contributed by atoms with Gasteiger partial charge in [0.2, 0.25) is 18.6 Å². The van der Waals surface area contributed by atoms with Crippen molar-refractivity contribution in [3.63, 3.8) is 0 Å². The van der Waals surface area contributed by atoms with Gasteiger partial charge in [-0.1, -0.05) is 13.8 Å². The maximum absolute atomic E-state index is 11.6. The summed E-state index contributed by atoms with van der Waals surface area (Å²) in [6.45, 7) is 4.69. The molecule has 8 heteroatoms. The molecular weight excluding hydrogens is 366 g/mol. The predicted molar refractivity (Wildman–Crippen MR) is 88.5 cm³/mol. The third-order valence-electron chi connectivity index (χ3n) is 2.91. The van der Waals surface area contributed by atoms with Crippen molar-refractivity contribution in [2.24, 2.45) is 11.0 Å². The normalized spacial score (nSPS) is 12.7. The number of carbonyl (C=O) groups excluding carboxylic acids is 2. The molecule has 124 valence electrons. The second-order valence-corrected chi connectivity index (χ2v) is 6.25. The summed E-state index contributed by atoms with van der Waals surface area (Å²) in [7, 11) is 0. The average molecular weight is 384 g/mol. The quantitative estimate of drug-likeness (QED) is 0.445. The molecule has 0 saturated heterocycles. The van der Waals surface area contributed by atoms with E-state index < -0.39 is 5.91 Å². The van der Waals surface area contributed by atoms with Crippen LogP contribution in [0.15, 0.2) is 21.7 Å². The van der Waals surface area contributed by atoms with Crippen molar-refractivity contribution in [2.75, 3.05) is 13.3 Å². The Morgan fingerprint density at radius 2 is 2.00 bits per heavy atom. The van der Waals surface area contributed by atoms with Crippen LogP contribution < -0.4 is 20.2 Å². The number of rotatable bonds is 6. The van der Waals surface area contributed by atoms with E-state index in [2.05, 4.69) is 31.8 Å². The lowest BCUT2D eigenvalue weighted by atomic mass is 10.2. The van der Waals surface area contributed by atoms with E-state index in [0.29, 0.717) is 24.0 Å². The molecule has 0 saturated carbocycles. The summed E-state index contributed by atoms with van der Waals surface area (Å²) >= 11 is 3.39. The van der Waals surface area contributed by atoms with Crippen molar-refractivity contribution >= 4 is 34.0 Å². The summed E-state index contributed by atoms with van der Waals surface area (Å²) in [6.07, 6.45) is 1.21. The van der Waals surface area contributed by atoms with Gasteiger partial charge in [-0.3, -0.25) is 9.59 Å². The van der Waals surface area contributed by atoms with Gasteiger partial charge in [0, 0.05) is 16.6 Å². The van der Waals surface area contributed by atoms with E-state index in [-0.39, 0.29) is 19.1 Å². The number of nitrogens with one attached hydrogen (secondary N) is 2. The first-order valence-electron chi connectivity index (χ1n) is 7.13. The van der Waals surface area contributed by atoms with E-state index in [1.165, 1.54) is 6.21 Å². The molecule has 0 unspecified atom stereocenters. The van der Waals surface area contributed by atoms with Gasteiger partial charge in [-0.2, -0.15) is 5.10 Å². The van der Waals surface area contributed by atoms with E-state index in [0.717, 1.165) is 10.0 Å². The third-order valence-corrected chi connectivity index (χ3v) is 3.60. The lowest BCUT2D eigenvalue weighted by Gasteiger charge is -2.06. The zero-order chi connectivity index (χ0) is 16.8. The topological polar surface area (TPSA) is 89.0 Å². The summed E-state index contributed by atoms with van der Waals surface area (Å²) in [5, 5.41) is 6.51. The standard InChI is InChI=1S/C15H18BrN3O4/c1-9(2)6-17-14(20)5-15(21)19-18-7-10-3-12-13(4-11(10)16)23-8-22-12/h3-4,7,9H,5-6,8H2,1-2H3,(H,17,20)(H,19,21)/b18-7+. The second kappa shape index (κ2) is 7.96. The largest absolute Gasteiger partial charge is 0.454 e. The Kier molecular flexibility index (Phi) is 5.97. The molecule has 2 rings (SSSR count). The highest BCUT2D eigenvalue weighted by Gasteiger charge is 2.15. The highest BCUT2D eigenvalue weighted by Crippen LogP contribution is 2.36. The highest BCUT2D eigenvalue weighted by molar-refractivity contribution is 9.10. The van der Waals surface area contributed by atoms with Gasteiger partial charge in [-0.05, 0) is 34.0 Å². The third kappa shape index (κ3) is 5.24. The van der Waals surface area contributed by atoms with Crippen LogP contribution in [0.5, 0.6) is 11.5 Å². The number of fused-ring (bicyclic) bond motifs is 1. The van der Waals surface area contributed by atoms with Crippen molar-refractivity contribution in [1.82, 2.24) is 10.7 Å². The Labute approximate surface area is 142 Å². The predicted octanol–water partition coefficient (Wildman–Crippen LogP) is 1.79. The van der Waals surface area contributed by atoms with E-state index in [1.54, 1.807) is 12.1 Å². The van der Waals surface area contributed by atoms with E-state index >= 15 is 0 Å². The van der Waals surface area contributed by atoms with Gasteiger partial charge < -0.3 is 14.8 Å². The molecule has 0 bridgehead atoms. The summed E-state index contributed by atoms with van der Waals surface area (Å²) < 4.78 is 11.3. The Balaban J connectivity index is 1.84. The van der Waals surface area contributed by atoms with Gasteiger partial charge in [0.15, 0.2) is 11.5 Å². The van der Waals surface area contributed by atoms with Gasteiger partial charge in [0.1, 0.15) is 6.42 Å². The van der Waals surface area contributed by atoms with Gasteiger partial charge in [0.25, 0.3) is 0 Å². The summed E-state index contributed by atoms with van der Waals surface area (Å²) in [4.78, 5) is 23.1. The molecular formula is C15H18BrN3O4. The molecule has 1 aliphatic rings. The molecule has 1 aromatic rings. The van der Waals surface area contributed by atoms with E-state index in [9.17, 15) is 9.59 Å². The lowest BCUT2D eigenvalue weighted by Crippen LogP contribution is -2.32. The minimum Gasteiger partial charge on any atom is -0.454 e. The second-order valence-electron chi connectivity index (χ2n) is 5.39. The van der Waals surface area contributed by atoms with Gasteiger partial charge >= 0.3 is 0 Å². The summed E-state index contributed by atoms with van der Waals surface area (Å²) in [5.41, 5.74) is 3.04. The van der Waals surface area contributed by atoms with E-state index in [4.69, 9.17) is 9.47 Å². The van der Waals surface area contributed by atoms with Crippen LogP contribution in [0.1, 0.15) is 25.8 Å². The van der Waals surface area contributed by atoms with Gasteiger partial charge in [-0.25, -0.2) is 5.43 Å². The van der Waals surface area contributed by atoms with E-state index in [1.807, 2.05) is 13.8 Å². The van der Waals surface area contributed by atoms with Crippen molar-refractivity contribution in [3.05, 3.63) is 22.2 Å². The van der Waals surface area contributed by atoms with Crippen LogP contribution in [0.4, 0.5) is 0 Å². The molecule has 0 aromatic heterocycles. The van der Waals surface area contributed by atoms with Crippen molar-refractivity contribution in [1.29, 1.82) is 0 Å². The Morgan fingerprint density at radius 3 is 2.70 bits per heavy atom. The Bertz CT molecular complexity index is 631. The molecule has 1 aromatic carbocycles. The van der Waals surface area contributed by atoms with Crippen LogP contribution in [0.3, 0.4) is 0 Å². The van der Waals surface area contributed by atoms with Crippen LogP contribution in [-0.2, 0) is 9.59 Å². The SMILES string of the molecule is CC(C)CNC(=O)CC(=O)N/N=C/c1cc2c(cc1Br)OCO2. The van der Waals surface area contributed by atoms with Crippen LogP contribution in [0, 0.1) is 5.92 Å². The maximum atomic E-state index is 11.6. The first kappa shape index (κ1) is 17.3. The molecule has 2 N–H and O–H groups in total. The minimum absolute atomic E-state index is 0.185. The Morgan fingerprint density at radius 1 is 1.30 bits per heavy atom. The molecule has 1 heterocycles. The molecule has 0 aliphatic carbocycles. The average Bonchev–Trinajstić information content (AvgIpc) is 2.92. The number of hydrogen-bond donors (Lipinski definition) is 2. The van der Waals surface area contributed by atoms with Crippen LogP contribution >= 0.6 is 15.9 Å². The first-order chi connectivity index (χ1) is 11.0. The van der Waals surface area contributed by atoms with Gasteiger partial charge in [0.05, 0.1) is 6.21 Å². The summed E-state index contributed by atoms with van der Waals surface area (Å²) in [5.74, 6) is 0.812.